The highest BCUT2D eigenvalue weighted by Crippen LogP contribution is 2.24. The fraction of sp³-hybridized carbons (Fsp3) is 0.714. The zero-order valence-electron chi connectivity index (χ0n) is 11.8. The molecule has 1 aliphatic heterocycles. The number of amides is 1. The van der Waals surface area contributed by atoms with Gasteiger partial charge in [-0.3, -0.25) is 4.79 Å². The molecule has 1 atom stereocenters. The van der Waals surface area contributed by atoms with E-state index in [4.69, 9.17) is 0 Å². The first-order valence-corrected chi connectivity index (χ1v) is 7.98. The Morgan fingerprint density at radius 1 is 1.63 bits per heavy atom. The molecule has 5 heteroatoms. The van der Waals surface area contributed by atoms with Crippen LogP contribution in [0.5, 0.6) is 0 Å². The number of carbonyl (C=O) groups is 1. The summed E-state index contributed by atoms with van der Waals surface area (Å²) in [6.45, 7) is 5.77. The lowest BCUT2D eigenvalue weighted by Crippen LogP contribution is -2.53. The summed E-state index contributed by atoms with van der Waals surface area (Å²) in [5.74, 6) is 0.166. The van der Waals surface area contributed by atoms with Crippen molar-refractivity contribution in [3.8, 4) is 0 Å². The Bertz CT molecular complexity index is 424. The Balaban J connectivity index is 1.82. The van der Waals surface area contributed by atoms with Crippen molar-refractivity contribution in [1.82, 2.24) is 15.6 Å². The molecule has 0 aliphatic carbocycles. The van der Waals surface area contributed by atoms with Gasteiger partial charge in [0.15, 0.2) is 0 Å². The molecule has 1 aliphatic rings. The second kappa shape index (κ2) is 6.48. The number of rotatable bonds is 6. The van der Waals surface area contributed by atoms with Crippen LogP contribution in [-0.4, -0.2) is 29.5 Å². The van der Waals surface area contributed by atoms with E-state index in [9.17, 15) is 4.79 Å². The number of hydrogen-bond donors (Lipinski definition) is 2. The Hall–Kier alpha value is -0.940. The number of aryl methyl sites for hydroxylation is 1. The van der Waals surface area contributed by atoms with Gasteiger partial charge < -0.3 is 10.6 Å². The molecule has 1 fully saturated rings. The first-order valence-electron chi connectivity index (χ1n) is 7.10. The molecule has 1 unspecified atom stereocenters. The predicted octanol–water partition coefficient (Wildman–Crippen LogP) is 2.03. The molecule has 1 amide bonds. The van der Waals surface area contributed by atoms with E-state index in [0.717, 1.165) is 49.4 Å². The van der Waals surface area contributed by atoms with Gasteiger partial charge in [-0.1, -0.05) is 13.3 Å². The van der Waals surface area contributed by atoms with Gasteiger partial charge in [-0.15, -0.1) is 11.3 Å². The van der Waals surface area contributed by atoms with Gasteiger partial charge >= 0.3 is 0 Å². The van der Waals surface area contributed by atoms with Crippen molar-refractivity contribution in [2.45, 2.75) is 51.5 Å². The first-order chi connectivity index (χ1) is 9.16. The standard InChI is InChI=1S/C14H23N3OS/c1-3-6-14(7-4-8-16-14)13(18)15-9-5-12-10-19-11(2)17-12/h10,16H,3-9H2,1-2H3,(H,15,18). The van der Waals surface area contributed by atoms with Crippen molar-refractivity contribution in [2.75, 3.05) is 13.1 Å². The smallest absolute Gasteiger partial charge is 0.240 e. The highest BCUT2D eigenvalue weighted by molar-refractivity contribution is 7.09. The normalized spacial score (nSPS) is 22.6. The van der Waals surface area contributed by atoms with E-state index in [1.54, 1.807) is 11.3 Å². The van der Waals surface area contributed by atoms with Crippen molar-refractivity contribution in [3.05, 3.63) is 16.1 Å². The predicted molar refractivity (Wildman–Crippen MR) is 78.4 cm³/mol. The molecule has 0 bridgehead atoms. The minimum absolute atomic E-state index is 0.166. The Morgan fingerprint density at radius 3 is 3.05 bits per heavy atom. The summed E-state index contributed by atoms with van der Waals surface area (Å²) in [5, 5.41) is 9.62. The van der Waals surface area contributed by atoms with Gasteiger partial charge in [0.1, 0.15) is 0 Å². The fourth-order valence-electron chi connectivity index (χ4n) is 2.75. The van der Waals surface area contributed by atoms with Crippen molar-refractivity contribution in [2.24, 2.45) is 0 Å². The fourth-order valence-corrected chi connectivity index (χ4v) is 3.40. The third-order valence-corrected chi connectivity index (χ3v) is 4.51. The molecule has 0 aromatic carbocycles. The van der Waals surface area contributed by atoms with Crippen molar-refractivity contribution in [3.63, 3.8) is 0 Å². The molecule has 4 nitrogen and oxygen atoms in total. The summed E-state index contributed by atoms with van der Waals surface area (Å²) in [6, 6.07) is 0. The number of carbonyl (C=O) groups excluding carboxylic acids is 1. The molecule has 1 aromatic rings. The number of nitrogens with one attached hydrogen (secondary N) is 2. The maximum Gasteiger partial charge on any atom is 0.240 e. The van der Waals surface area contributed by atoms with Crippen LogP contribution in [0.15, 0.2) is 5.38 Å². The van der Waals surface area contributed by atoms with Crippen LogP contribution < -0.4 is 10.6 Å². The number of thiazole rings is 1. The molecular weight excluding hydrogens is 258 g/mol. The van der Waals surface area contributed by atoms with Gasteiger partial charge in [-0.05, 0) is 32.7 Å². The monoisotopic (exact) mass is 281 g/mol. The van der Waals surface area contributed by atoms with Gasteiger partial charge in [-0.25, -0.2) is 4.98 Å². The van der Waals surface area contributed by atoms with Crippen LogP contribution in [0.3, 0.4) is 0 Å². The zero-order valence-corrected chi connectivity index (χ0v) is 12.6. The molecule has 2 rings (SSSR count). The second-order valence-electron chi connectivity index (χ2n) is 5.23. The molecule has 0 spiro atoms. The van der Waals surface area contributed by atoms with E-state index < -0.39 is 0 Å². The molecule has 19 heavy (non-hydrogen) atoms. The van der Waals surface area contributed by atoms with Crippen LogP contribution in [0.4, 0.5) is 0 Å². The highest BCUT2D eigenvalue weighted by Gasteiger charge is 2.39. The van der Waals surface area contributed by atoms with E-state index in [0.29, 0.717) is 6.54 Å². The molecule has 2 N–H and O–H groups in total. The Kier molecular flexibility index (Phi) is 4.93. The van der Waals surface area contributed by atoms with Crippen LogP contribution in [0, 0.1) is 6.92 Å². The lowest BCUT2D eigenvalue weighted by molar-refractivity contribution is -0.127. The number of hydrogen-bond acceptors (Lipinski definition) is 4. The molecule has 2 heterocycles. The van der Waals surface area contributed by atoms with Crippen LogP contribution in [0.25, 0.3) is 0 Å². The lowest BCUT2D eigenvalue weighted by atomic mass is 9.91. The van der Waals surface area contributed by atoms with E-state index >= 15 is 0 Å². The minimum Gasteiger partial charge on any atom is -0.354 e. The number of aromatic nitrogens is 1. The lowest BCUT2D eigenvalue weighted by Gasteiger charge is -2.27. The van der Waals surface area contributed by atoms with Crippen molar-refractivity contribution < 1.29 is 4.79 Å². The molecule has 1 saturated heterocycles. The molecule has 1 aromatic heterocycles. The third kappa shape index (κ3) is 3.54. The average Bonchev–Trinajstić information content (AvgIpc) is 3.00. The van der Waals surface area contributed by atoms with Crippen molar-refractivity contribution >= 4 is 17.2 Å². The van der Waals surface area contributed by atoms with E-state index in [2.05, 4.69) is 27.9 Å². The van der Waals surface area contributed by atoms with Crippen LogP contribution in [-0.2, 0) is 11.2 Å². The van der Waals surface area contributed by atoms with Gasteiger partial charge in [0.25, 0.3) is 0 Å². The van der Waals surface area contributed by atoms with E-state index in [-0.39, 0.29) is 11.4 Å². The molecule has 0 radical (unpaired) electrons. The zero-order chi connectivity index (χ0) is 13.7. The maximum atomic E-state index is 12.4. The average molecular weight is 281 g/mol. The minimum atomic E-state index is -0.313. The molecular formula is C14H23N3OS. The van der Waals surface area contributed by atoms with Gasteiger partial charge in [0.05, 0.1) is 16.2 Å². The van der Waals surface area contributed by atoms with Gasteiger partial charge in [-0.2, -0.15) is 0 Å². The summed E-state index contributed by atoms with van der Waals surface area (Å²) in [4.78, 5) is 16.8. The first kappa shape index (κ1) is 14.5. The summed E-state index contributed by atoms with van der Waals surface area (Å²) in [7, 11) is 0. The quantitative estimate of drug-likeness (QED) is 0.839. The largest absolute Gasteiger partial charge is 0.354 e. The van der Waals surface area contributed by atoms with Crippen LogP contribution in [0.1, 0.15) is 43.3 Å². The van der Waals surface area contributed by atoms with E-state index in [1.807, 2.05) is 6.92 Å². The topological polar surface area (TPSA) is 54.0 Å². The Morgan fingerprint density at radius 2 is 2.47 bits per heavy atom. The highest BCUT2D eigenvalue weighted by atomic mass is 32.1. The summed E-state index contributed by atoms with van der Waals surface area (Å²) < 4.78 is 0. The van der Waals surface area contributed by atoms with Crippen LogP contribution >= 0.6 is 11.3 Å². The van der Waals surface area contributed by atoms with Crippen molar-refractivity contribution in [1.29, 1.82) is 0 Å². The Labute approximate surface area is 119 Å². The third-order valence-electron chi connectivity index (χ3n) is 3.69. The van der Waals surface area contributed by atoms with Gasteiger partial charge in [0.2, 0.25) is 5.91 Å². The van der Waals surface area contributed by atoms with E-state index in [1.165, 1.54) is 0 Å². The molecule has 0 saturated carbocycles. The summed E-state index contributed by atoms with van der Waals surface area (Å²) in [5.41, 5.74) is 0.763. The second-order valence-corrected chi connectivity index (χ2v) is 6.29. The summed E-state index contributed by atoms with van der Waals surface area (Å²) >= 11 is 1.66. The number of nitrogens with zero attached hydrogens (tertiary/aromatic N) is 1. The van der Waals surface area contributed by atoms with Gasteiger partial charge in [0, 0.05) is 18.3 Å². The summed E-state index contributed by atoms with van der Waals surface area (Å²) in [6.07, 6.45) is 4.83. The SMILES string of the molecule is CCCC1(C(=O)NCCc2csc(C)n2)CCCN1. The maximum absolute atomic E-state index is 12.4. The van der Waals surface area contributed by atoms with Crippen LogP contribution in [0.2, 0.25) is 0 Å². The molecule has 106 valence electrons.